The quantitative estimate of drug-likeness (QED) is 0.330. The average molecular weight is 494 g/mol. The Bertz CT molecular complexity index is 588. The number of guanidine groups is 1. The number of halogens is 2. The summed E-state index contributed by atoms with van der Waals surface area (Å²) in [4.78, 5) is 6.58. The third-order valence-corrected chi connectivity index (χ3v) is 4.07. The van der Waals surface area contributed by atoms with Crippen molar-refractivity contribution in [3.05, 3.63) is 35.1 Å². The van der Waals surface area contributed by atoms with Gasteiger partial charge in [-0.05, 0) is 44.1 Å². The van der Waals surface area contributed by atoms with Crippen LogP contribution in [0.5, 0.6) is 0 Å². The van der Waals surface area contributed by atoms with Gasteiger partial charge in [-0.2, -0.15) is 0 Å². The van der Waals surface area contributed by atoms with Gasteiger partial charge < -0.3 is 20.3 Å². The van der Waals surface area contributed by atoms with E-state index in [0.717, 1.165) is 18.1 Å². The van der Waals surface area contributed by atoms with E-state index in [1.807, 2.05) is 32.0 Å². The first-order valence-electron chi connectivity index (χ1n) is 9.14. The molecule has 0 heterocycles. The van der Waals surface area contributed by atoms with Gasteiger partial charge in [-0.1, -0.05) is 26.8 Å². The van der Waals surface area contributed by atoms with Crippen LogP contribution in [-0.2, 0) is 17.8 Å². The second-order valence-corrected chi connectivity index (χ2v) is 7.83. The molecule has 0 aliphatic heterocycles. The van der Waals surface area contributed by atoms with Crippen LogP contribution >= 0.6 is 24.0 Å². The molecular formula is C20H36FIN4O. The van der Waals surface area contributed by atoms with E-state index in [1.54, 1.807) is 13.2 Å². The summed E-state index contributed by atoms with van der Waals surface area (Å²) < 4.78 is 19.5. The fourth-order valence-electron chi connectivity index (χ4n) is 2.63. The Morgan fingerprint density at radius 1 is 1.26 bits per heavy atom. The van der Waals surface area contributed by atoms with Crippen LogP contribution in [0.3, 0.4) is 0 Å². The van der Waals surface area contributed by atoms with Crippen LogP contribution < -0.4 is 10.6 Å². The van der Waals surface area contributed by atoms with Crippen LogP contribution in [-0.4, -0.2) is 51.3 Å². The highest BCUT2D eigenvalue weighted by Gasteiger charge is 2.24. The lowest BCUT2D eigenvalue weighted by molar-refractivity contribution is 0.0205. The van der Waals surface area contributed by atoms with Gasteiger partial charge >= 0.3 is 0 Å². The number of hydrogen-bond donors (Lipinski definition) is 2. The van der Waals surface area contributed by atoms with Gasteiger partial charge in [0, 0.05) is 32.3 Å². The molecule has 0 saturated heterocycles. The lowest BCUT2D eigenvalue weighted by Gasteiger charge is -2.30. The van der Waals surface area contributed by atoms with Gasteiger partial charge in [0.15, 0.2) is 5.96 Å². The van der Waals surface area contributed by atoms with E-state index in [4.69, 9.17) is 4.74 Å². The predicted octanol–water partition coefficient (Wildman–Crippen LogP) is 3.62. The number of nitrogens with zero attached hydrogens (tertiary/aromatic N) is 2. The molecule has 0 bridgehead atoms. The summed E-state index contributed by atoms with van der Waals surface area (Å²) in [7, 11) is 5.59. The van der Waals surface area contributed by atoms with Crippen LogP contribution in [0.1, 0.15) is 38.8 Å². The second-order valence-electron chi connectivity index (χ2n) is 7.83. The van der Waals surface area contributed by atoms with Crippen molar-refractivity contribution in [1.82, 2.24) is 15.5 Å². The zero-order chi connectivity index (χ0) is 19.7. The van der Waals surface area contributed by atoms with E-state index in [1.165, 1.54) is 6.07 Å². The Kier molecular flexibility index (Phi) is 12.1. The summed E-state index contributed by atoms with van der Waals surface area (Å²) >= 11 is 0. The molecule has 0 saturated carbocycles. The summed E-state index contributed by atoms with van der Waals surface area (Å²) in [6.45, 7) is 11.0. The van der Waals surface area contributed by atoms with E-state index in [2.05, 4.69) is 36.4 Å². The van der Waals surface area contributed by atoms with E-state index in [-0.39, 0.29) is 41.3 Å². The molecule has 0 radical (unpaired) electrons. The van der Waals surface area contributed by atoms with Crippen LogP contribution in [0.25, 0.3) is 0 Å². The molecule has 0 aliphatic carbocycles. The number of methoxy groups -OCH3 is 1. The summed E-state index contributed by atoms with van der Waals surface area (Å²) in [5.41, 5.74) is 1.71. The highest BCUT2D eigenvalue weighted by Crippen LogP contribution is 2.21. The highest BCUT2D eigenvalue weighted by molar-refractivity contribution is 14.0. The summed E-state index contributed by atoms with van der Waals surface area (Å²) in [5, 5.41) is 6.58. The number of rotatable bonds is 8. The predicted molar refractivity (Wildman–Crippen MR) is 122 cm³/mol. The molecule has 27 heavy (non-hydrogen) atoms. The Labute approximate surface area is 181 Å². The lowest BCUT2D eigenvalue weighted by Crippen LogP contribution is -2.45. The minimum atomic E-state index is -0.176. The average Bonchev–Trinajstić information content (AvgIpc) is 2.54. The second kappa shape index (κ2) is 12.5. The smallest absolute Gasteiger partial charge is 0.191 e. The molecule has 0 spiro atoms. The number of aliphatic imine (C=N–C) groups is 1. The fraction of sp³-hybridized carbons (Fsp3) is 0.650. The van der Waals surface area contributed by atoms with Crippen molar-refractivity contribution in [2.75, 3.05) is 34.3 Å². The molecule has 1 unspecified atom stereocenters. The van der Waals surface area contributed by atoms with Crippen molar-refractivity contribution >= 4 is 29.9 Å². The van der Waals surface area contributed by atoms with Gasteiger partial charge in [0.2, 0.25) is 0 Å². The van der Waals surface area contributed by atoms with Gasteiger partial charge in [-0.15, -0.1) is 24.0 Å². The largest absolute Gasteiger partial charge is 0.379 e. The first kappa shape index (κ1) is 26.1. The van der Waals surface area contributed by atoms with Crippen LogP contribution in [0, 0.1) is 11.2 Å². The van der Waals surface area contributed by atoms with Crippen LogP contribution in [0.2, 0.25) is 0 Å². The van der Waals surface area contributed by atoms with Gasteiger partial charge in [0.05, 0.1) is 12.6 Å². The van der Waals surface area contributed by atoms with Crippen molar-refractivity contribution in [3.63, 3.8) is 0 Å². The first-order valence-corrected chi connectivity index (χ1v) is 9.14. The molecule has 0 amide bonds. The molecule has 0 fully saturated rings. The molecule has 5 nitrogen and oxygen atoms in total. The first-order chi connectivity index (χ1) is 12.2. The molecule has 0 aromatic heterocycles. The Hall–Kier alpha value is -0.930. The van der Waals surface area contributed by atoms with Crippen molar-refractivity contribution in [1.29, 1.82) is 0 Å². The zero-order valence-corrected chi connectivity index (χ0v) is 20.1. The van der Waals surface area contributed by atoms with Gasteiger partial charge in [-0.25, -0.2) is 9.38 Å². The minimum Gasteiger partial charge on any atom is -0.379 e. The summed E-state index contributed by atoms with van der Waals surface area (Å²) in [5.74, 6) is 0.557. The summed E-state index contributed by atoms with van der Waals surface area (Å²) in [6, 6.07) is 5.19. The minimum absolute atomic E-state index is 0. The number of ether oxygens (including phenoxy) is 1. The number of hydrogen-bond acceptors (Lipinski definition) is 3. The molecule has 7 heteroatoms. The third kappa shape index (κ3) is 9.71. The van der Waals surface area contributed by atoms with Crippen molar-refractivity contribution < 1.29 is 9.13 Å². The Balaban J connectivity index is 0.00000676. The normalized spacial score (nSPS) is 13.3. The zero-order valence-electron chi connectivity index (χ0n) is 17.7. The van der Waals surface area contributed by atoms with Gasteiger partial charge in [0.1, 0.15) is 5.82 Å². The maximum absolute atomic E-state index is 13.9. The molecule has 0 aliphatic rings. The van der Waals surface area contributed by atoms with Crippen molar-refractivity contribution in [3.8, 4) is 0 Å². The fourth-order valence-corrected chi connectivity index (χ4v) is 2.63. The van der Waals surface area contributed by atoms with Gasteiger partial charge in [-0.3, -0.25) is 0 Å². The Morgan fingerprint density at radius 3 is 2.44 bits per heavy atom. The van der Waals surface area contributed by atoms with E-state index >= 15 is 0 Å². The van der Waals surface area contributed by atoms with E-state index in [9.17, 15) is 4.39 Å². The van der Waals surface area contributed by atoms with E-state index < -0.39 is 0 Å². The molecule has 1 rings (SSSR count). The van der Waals surface area contributed by atoms with E-state index in [0.29, 0.717) is 25.2 Å². The maximum Gasteiger partial charge on any atom is 0.191 e. The topological polar surface area (TPSA) is 48.9 Å². The SMILES string of the molecule is CCNC(=NCc1ccc(F)c(CN(C)C)c1)NCC(OC)C(C)(C)C.I. The highest BCUT2D eigenvalue weighted by atomic mass is 127. The van der Waals surface area contributed by atoms with Gasteiger partial charge in [0.25, 0.3) is 0 Å². The standard InChI is InChI=1S/C20H35FN4O.HI/c1-8-22-19(24-13-18(26-7)20(2,3)4)23-12-15-9-10-17(21)16(11-15)14-25(5)6;/h9-11,18H,8,12-14H2,1-7H3,(H2,22,23,24);1H. The molecule has 1 atom stereocenters. The third-order valence-electron chi connectivity index (χ3n) is 4.07. The molecule has 1 aromatic rings. The number of benzene rings is 1. The van der Waals surface area contributed by atoms with Crippen molar-refractivity contribution in [2.45, 2.75) is 46.9 Å². The summed E-state index contributed by atoms with van der Waals surface area (Å²) in [6.07, 6.45) is 0.0730. The Morgan fingerprint density at radius 2 is 1.93 bits per heavy atom. The van der Waals surface area contributed by atoms with Crippen LogP contribution in [0.4, 0.5) is 4.39 Å². The molecular weight excluding hydrogens is 458 g/mol. The molecule has 2 N–H and O–H groups in total. The maximum atomic E-state index is 13.9. The monoisotopic (exact) mass is 494 g/mol. The van der Waals surface area contributed by atoms with Crippen LogP contribution in [0.15, 0.2) is 23.2 Å². The molecule has 1 aromatic carbocycles. The van der Waals surface area contributed by atoms with Crippen molar-refractivity contribution in [2.24, 2.45) is 10.4 Å². The number of nitrogens with one attached hydrogen (secondary N) is 2. The lowest BCUT2D eigenvalue weighted by atomic mass is 9.89. The molecule has 156 valence electrons.